The monoisotopic (exact) mass is 238 g/mol. The maximum Gasteiger partial charge on any atom is 0.387 e. The van der Waals surface area contributed by atoms with Gasteiger partial charge < -0.3 is 10.5 Å². The number of halogens is 2. The lowest BCUT2D eigenvalue weighted by Crippen LogP contribution is -2.04. The SMILES string of the molecule is Cc1nc2c(OC(F)F)cccc2c(N)c1C. The fraction of sp³-hybridized carbons (Fsp3) is 0.250. The molecule has 17 heavy (non-hydrogen) atoms. The number of para-hydroxylation sites is 1. The minimum atomic E-state index is -2.87. The average molecular weight is 238 g/mol. The molecule has 0 saturated carbocycles. The zero-order valence-electron chi connectivity index (χ0n) is 9.50. The van der Waals surface area contributed by atoms with Gasteiger partial charge in [0.1, 0.15) is 5.52 Å². The Morgan fingerprint density at radius 1 is 1.29 bits per heavy atom. The quantitative estimate of drug-likeness (QED) is 0.874. The predicted octanol–water partition coefficient (Wildman–Crippen LogP) is 3.04. The van der Waals surface area contributed by atoms with E-state index in [0.717, 1.165) is 5.56 Å². The second kappa shape index (κ2) is 4.16. The normalized spacial score (nSPS) is 11.1. The van der Waals surface area contributed by atoms with Crippen LogP contribution in [0.15, 0.2) is 18.2 Å². The van der Waals surface area contributed by atoms with Crippen molar-refractivity contribution in [2.75, 3.05) is 5.73 Å². The minimum absolute atomic E-state index is 0.0484. The molecular weight excluding hydrogens is 226 g/mol. The van der Waals surface area contributed by atoms with Gasteiger partial charge in [0.05, 0.1) is 0 Å². The molecule has 2 N–H and O–H groups in total. The van der Waals surface area contributed by atoms with Crippen molar-refractivity contribution in [3.05, 3.63) is 29.5 Å². The van der Waals surface area contributed by atoms with Gasteiger partial charge in [0, 0.05) is 16.8 Å². The van der Waals surface area contributed by atoms with Crippen LogP contribution in [0.1, 0.15) is 11.3 Å². The Labute approximate surface area is 97.2 Å². The number of nitrogens with zero attached hydrogens (tertiary/aromatic N) is 1. The summed E-state index contributed by atoms with van der Waals surface area (Å²) in [6.45, 7) is 0.757. The highest BCUT2D eigenvalue weighted by Gasteiger charge is 2.13. The number of ether oxygens (including phenoxy) is 1. The second-order valence-corrected chi connectivity index (χ2v) is 3.77. The van der Waals surface area contributed by atoms with Gasteiger partial charge in [-0.1, -0.05) is 12.1 Å². The zero-order chi connectivity index (χ0) is 12.6. The van der Waals surface area contributed by atoms with E-state index in [-0.39, 0.29) is 5.75 Å². The van der Waals surface area contributed by atoms with E-state index in [0.29, 0.717) is 22.3 Å². The minimum Gasteiger partial charge on any atom is -0.432 e. The van der Waals surface area contributed by atoms with E-state index in [1.54, 1.807) is 19.1 Å². The molecule has 1 aromatic carbocycles. The van der Waals surface area contributed by atoms with Crippen LogP contribution >= 0.6 is 0 Å². The molecule has 1 heterocycles. The van der Waals surface area contributed by atoms with Gasteiger partial charge in [-0.15, -0.1) is 0 Å². The molecule has 0 aliphatic rings. The van der Waals surface area contributed by atoms with E-state index in [1.807, 2.05) is 6.92 Å². The standard InChI is InChI=1S/C12H12F2N2O/c1-6-7(2)16-11-8(10(6)15)4-3-5-9(11)17-12(13)14/h3-5,12H,1-2H3,(H2,15,16). The Morgan fingerprint density at radius 3 is 2.65 bits per heavy atom. The smallest absolute Gasteiger partial charge is 0.387 e. The van der Waals surface area contributed by atoms with Crippen molar-refractivity contribution in [2.24, 2.45) is 0 Å². The predicted molar refractivity (Wildman–Crippen MR) is 62.3 cm³/mol. The van der Waals surface area contributed by atoms with Crippen LogP contribution in [0.4, 0.5) is 14.5 Å². The second-order valence-electron chi connectivity index (χ2n) is 3.77. The number of anilines is 1. The van der Waals surface area contributed by atoms with Crippen molar-refractivity contribution < 1.29 is 13.5 Å². The van der Waals surface area contributed by atoms with Gasteiger partial charge in [-0.05, 0) is 25.5 Å². The number of pyridine rings is 1. The number of benzene rings is 1. The first kappa shape index (κ1) is 11.6. The fourth-order valence-electron chi connectivity index (χ4n) is 1.69. The van der Waals surface area contributed by atoms with Gasteiger partial charge in [0.25, 0.3) is 0 Å². The molecule has 0 saturated heterocycles. The molecule has 0 atom stereocenters. The lowest BCUT2D eigenvalue weighted by Gasteiger charge is -2.12. The molecule has 90 valence electrons. The van der Waals surface area contributed by atoms with Crippen molar-refractivity contribution in [1.29, 1.82) is 0 Å². The van der Waals surface area contributed by atoms with Crippen LogP contribution in [0.5, 0.6) is 5.75 Å². The largest absolute Gasteiger partial charge is 0.432 e. The molecule has 0 radical (unpaired) electrons. The highest BCUT2D eigenvalue weighted by molar-refractivity contribution is 5.95. The number of aromatic nitrogens is 1. The number of hydrogen-bond acceptors (Lipinski definition) is 3. The average Bonchev–Trinajstić information content (AvgIpc) is 2.27. The van der Waals surface area contributed by atoms with E-state index in [9.17, 15) is 8.78 Å². The maximum absolute atomic E-state index is 12.2. The molecule has 5 heteroatoms. The molecule has 0 fully saturated rings. The van der Waals surface area contributed by atoms with Crippen LogP contribution in [0.3, 0.4) is 0 Å². The Bertz CT molecular complexity index is 570. The van der Waals surface area contributed by atoms with Crippen LogP contribution in [0.2, 0.25) is 0 Å². The maximum atomic E-state index is 12.2. The molecule has 0 bridgehead atoms. The molecule has 2 aromatic rings. The van der Waals surface area contributed by atoms with Crippen LogP contribution in [-0.2, 0) is 0 Å². The van der Waals surface area contributed by atoms with Gasteiger partial charge in [-0.3, -0.25) is 0 Å². The number of rotatable bonds is 2. The summed E-state index contributed by atoms with van der Waals surface area (Å²) in [6.07, 6.45) is 0. The molecule has 0 unspecified atom stereocenters. The summed E-state index contributed by atoms with van der Waals surface area (Å²) in [4.78, 5) is 4.25. The molecule has 0 amide bonds. The molecule has 0 aliphatic heterocycles. The van der Waals surface area contributed by atoms with Crippen LogP contribution in [0.25, 0.3) is 10.9 Å². The summed E-state index contributed by atoms with van der Waals surface area (Å²) in [6, 6.07) is 4.81. The number of fused-ring (bicyclic) bond motifs is 1. The van der Waals surface area contributed by atoms with Crippen LogP contribution in [-0.4, -0.2) is 11.6 Å². The van der Waals surface area contributed by atoms with Crippen molar-refractivity contribution >= 4 is 16.6 Å². The van der Waals surface area contributed by atoms with Crippen molar-refractivity contribution in [1.82, 2.24) is 4.98 Å². The van der Waals surface area contributed by atoms with Crippen molar-refractivity contribution in [3.63, 3.8) is 0 Å². The topological polar surface area (TPSA) is 48.1 Å². The van der Waals surface area contributed by atoms with Crippen molar-refractivity contribution in [3.8, 4) is 5.75 Å². The van der Waals surface area contributed by atoms with E-state index >= 15 is 0 Å². The van der Waals surface area contributed by atoms with Crippen molar-refractivity contribution in [2.45, 2.75) is 20.5 Å². The lowest BCUT2D eigenvalue weighted by molar-refractivity contribution is -0.0489. The number of alkyl halides is 2. The van der Waals surface area contributed by atoms with Gasteiger partial charge >= 0.3 is 6.61 Å². The van der Waals surface area contributed by atoms with Gasteiger partial charge in [-0.2, -0.15) is 8.78 Å². The Kier molecular flexibility index (Phi) is 2.83. The number of nitrogens with two attached hydrogens (primary N) is 1. The fourth-order valence-corrected chi connectivity index (χ4v) is 1.69. The Balaban J connectivity index is 2.72. The van der Waals surface area contributed by atoms with E-state index < -0.39 is 6.61 Å². The first-order valence-electron chi connectivity index (χ1n) is 5.11. The van der Waals surface area contributed by atoms with Gasteiger partial charge in [-0.25, -0.2) is 4.98 Å². The molecule has 0 aliphatic carbocycles. The summed E-state index contributed by atoms with van der Waals surface area (Å²) in [5, 5.41) is 0.631. The van der Waals surface area contributed by atoms with E-state index in [1.165, 1.54) is 6.07 Å². The number of nitrogen functional groups attached to an aromatic ring is 1. The Hall–Kier alpha value is -1.91. The summed E-state index contributed by atoms with van der Waals surface area (Å²) >= 11 is 0. The number of aryl methyl sites for hydroxylation is 1. The summed E-state index contributed by atoms with van der Waals surface area (Å²) in [7, 11) is 0. The third kappa shape index (κ3) is 2.00. The van der Waals surface area contributed by atoms with Crippen LogP contribution in [0, 0.1) is 13.8 Å². The van der Waals surface area contributed by atoms with E-state index in [4.69, 9.17) is 5.73 Å². The molecular formula is C12H12F2N2O. The first-order chi connectivity index (χ1) is 8.00. The molecule has 2 rings (SSSR count). The third-order valence-electron chi connectivity index (χ3n) is 2.73. The molecule has 3 nitrogen and oxygen atoms in total. The van der Waals surface area contributed by atoms with E-state index in [2.05, 4.69) is 9.72 Å². The summed E-state index contributed by atoms with van der Waals surface area (Å²) in [5.41, 5.74) is 8.42. The highest BCUT2D eigenvalue weighted by atomic mass is 19.3. The van der Waals surface area contributed by atoms with Gasteiger partial charge in [0.15, 0.2) is 5.75 Å². The molecule has 0 spiro atoms. The third-order valence-corrected chi connectivity index (χ3v) is 2.73. The first-order valence-corrected chi connectivity index (χ1v) is 5.11. The Morgan fingerprint density at radius 2 is 2.00 bits per heavy atom. The highest BCUT2D eigenvalue weighted by Crippen LogP contribution is 2.31. The summed E-state index contributed by atoms with van der Waals surface area (Å²) < 4.78 is 28.9. The zero-order valence-corrected chi connectivity index (χ0v) is 9.50. The summed E-state index contributed by atoms with van der Waals surface area (Å²) in [5.74, 6) is 0.0484. The lowest BCUT2D eigenvalue weighted by atomic mass is 10.1. The van der Waals surface area contributed by atoms with Gasteiger partial charge in [0.2, 0.25) is 0 Å². The molecule has 1 aromatic heterocycles. The number of hydrogen-bond donors (Lipinski definition) is 1. The van der Waals surface area contributed by atoms with Crippen LogP contribution < -0.4 is 10.5 Å².